The van der Waals surface area contributed by atoms with Crippen molar-refractivity contribution in [3.63, 3.8) is 0 Å². The van der Waals surface area contributed by atoms with Gasteiger partial charge in [0.25, 0.3) is 10.0 Å². The van der Waals surface area contributed by atoms with Crippen molar-refractivity contribution < 1.29 is 17.9 Å². The first kappa shape index (κ1) is 12.6. The van der Waals surface area contributed by atoms with Gasteiger partial charge in [-0.3, -0.25) is 0 Å². The zero-order valence-electron chi connectivity index (χ0n) is 9.63. The van der Waals surface area contributed by atoms with Gasteiger partial charge in [-0.2, -0.15) is 4.31 Å². The fourth-order valence-corrected chi connectivity index (χ4v) is 3.44. The summed E-state index contributed by atoms with van der Waals surface area (Å²) in [4.78, 5) is 0. The normalized spacial score (nSPS) is 19.1. The van der Waals surface area contributed by atoms with Gasteiger partial charge in [-0.15, -0.1) is 0 Å². The van der Waals surface area contributed by atoms with E-state index in [1.807, 2.05) is 0 Å². The maximum Gasteiger partial charge on any atom is 0.276 e. The Labute approximate surface area is 101 Å². The third-order valence-corrected chi connectivity index (χ3v) is 4.72. The van der Waals surface area contributed by atoms with Gasteiger partial charge in [-0.1, -0.05) is 12.8 Å². The molecule has 1 aliphatic heterocycles. The predicted molar refractivity (Wildman–Crippen MR) is 61.9 cm³/mol. The predicted octanol–water partition coefficient (Wildman–Crippen LogP) is 1.34. The van der Waals surface area contributed by atoms with Crippen molar-refractivity contribution in [2.45, 2.75) is 37.4 Å². The summed E-state index contributed by atoms with van der Waals surface area (Å²) in [5.41, 5.74) is 0. The fourth-order valence-electron chi connectivity index (χ4n) is 1.99. The van der Waals surface area contributed by atoms with Gasteiger partial charge in [0.15, 0.2) is 0 Å². The lowest BCUT2D eigenvalue weighted by atomic mass is 10.2. The van der Waals surface area contributed by atoms with Crippen molar-refractivity contribution in [2.75, 3.05) is 13.1 Å². The number of aliphatic hydroxyl groups is 1. The van der Waals surface area contributed by atoms with Gasteiger partial charge >= 0.3 is 0 Å². The third kappa shape index (κ3) is 2.70. The number of hydrogen-bond donors (Lipinski definition) is 1. The molecule has 0 atom stereocenters. The molecule has 0 amide bonds. The van der Waals surface area contributed by atoms with E-state index in [-0.39, 0.29) is 17.5 Å². The van der Waals surface area contributed by atoms with Crippen molar-refractivity contribution in [2.24, 2.45) is 0 Å². The SMILES string of the molecule is O=S(=O)(c1ccc(CO)o1)N1CCCCCC1. The Morgan fingerprint density at radius 3 is 2.35 bits per heavy atom. The second-order valence-corrected chi connectivity index (χ2v) is 6.07. The Morgan fingerprint density at radius 1 is 1.18 bits per heavy atom. The van der Waals surface area contributed by atoms with Gasteiger partial charge in [0, 0.05) is 13.1 Å². The molecule has 1 saturated heterocycles. The Morgan fingerprint density at radius 2 is 1.82 bits per heavy atom. The van der Waals surface area contributed by atoms with Gasteiger partial charge in [-0.25, -0.2) is 8.42 Å². The van der Waals surface area contributed by atoms with Crippen molar-refractivity contribution in [3.05, 3.63) is 17.9 Å². The molecule has 0 aliphatic carbocycles. The summed E-state index contributed by atoms with van der Waals surface area (Å²) < 4.78 is 31.0. The molecular formula is C11H17NO4S. The molecule has 5 nitrogen and oxygen atoms in total. The average Bonchev–Trinajstić information content (AvgIpc) is 2.64. The van der Waals surface area contributed by atoms with E-state index in [2.05, 4.69) is 0 Å². The number of hydrogen-bond acceptors (Lipinski definition) is 4. The Balaban J connectivity index is 2.22. The van der Waals surface area contributed by atoms with Gasteiger partial charge in [0.2, 0.25) is 5.09 Å². The minimum absolute atomic E-state index is 0.0662. The minimum atomic E-state index is -3.52. The molecule has 1 aromatic heterocycles. The van der Waals surface area contributed by atoms with Gasteiger partial charge in [0.05, 0.1) is 0 Å². The van der Waals surface area contributed by atoms with Crippen LogP contribution in [0.15, 0.2) is 21.6 Å². The smallest absolute Gasteiger partial charge is 0.276 e. The Bertz CT molecular complexity index is 458. The molecule has 0 unspecified atom stereocenters. The van der Waals surface area contributed by atoms with E-state index < -0.39 is 10.0 Å². The first-order chi connectivity index (χ1) is 8.14. The Kier molecular flexibility index (Phi) is 3.86. The molecule has 1 aliphatic rings. The molecule has 96 valence electrons. The lowest BCUT2D eigenvalue weighted by Crippen LogP contribution is -2.31. The molecule has 1 fully saturated rings. The van der Waals surface area contributed by atoms with Crippen LogP contribution in [-0.2, 0) is 16.6 Å². The van der Waals surface area contributed by atoms with E-state index in [1.54, 1.807) is 0 Å². The molecule has 2 rings (SSSR count). The molecule has 0 spiro atoms. The number of nitrogens with zero attached hydrogens (tertiary/aromatic N) is 1. The number of sulfonamides is 1. The summed E-state index contributed by atoms with van der Waals surface area (Å²) in [6, 6.07) is 2.90. The van der Waals surface area contributed by atoms with E-state index in [0.29, 0.717) is 13.1 Å². The highest BCUT2D eigenvalue weighted by molar-refractivity contribution is 7.89. The summed E-state index contributed by atoms with van der Waals surface area (Å²) in [5, 5.41) is 8.80. The summed E-state index contributed by atoms with van der Waals surface area (Å²) in [6.07, 6.45) is 3.94. The first-order valence-corrected chi connectivity index (χ1v) is 7.28. The van der Waals surface area contributed by atoms with Crippen LogP contribution in [0.2, 0.25) is 0 Å². The van der Waals surface area contributed by atoms with Crippen LogP contribution >= 0.6 is 0 Å². The maximum absolute atomic E-state index is 12.2. The first-order valence-electron chi connectivity index (χ1n) is 5.84. The minimum Gasteiger partial charge on any atom is -0.446 e. The molecule has 0 radical (unpaired) electrons. The zero-order chi connectivity index (χ0) is 12.3. The van der Waals surface area contributed by atoms with Crippen LogP contribution in [0.5, 0.6) is 0 Å². The van der Waals surface area contributed by atoms with E-state index in [9.17, 15) is 8.42 Å². The van der Waals surface area contributed by atoms with Gasteiger partial charge in [0.1, 0.15) is 12.4 Å². The summed E-state index contributed by atoms with van der Waals surface area (Å²) in [7, 11) is -3.52. The van der Waals surface area contributed by atoms with Gasteiger partial charge in [-0.05, 0) is 25.0 Å². The van der Waals surface area contributed by atoms with E-state index in [4.69, 9.17) is 9.52 Å². The van der Waals surface area contributed by atoms with E-state index in [1.165, 1.54) is 16.4 Å². The molecule has 6 heteroatoms. The molecule has 1 aromatic rings. The number of aliphatic hydroxyl groups excluding tert-OH is 1. The van der Waals surface area contributed by atoms with Crippen molar-refractivity contribution in [3.8, 4) is 0 Å². The van der Waals surface area contributed by atoms with E-state index in [0.717, 1.165) is 25.7 Å². The van der Waals surface area contributed by atoms with Gasteiger partial charge < -0.3 is 9.52 Å². The molecule has 2 heterocycles. The van der Waals surface area contributed by atoms with Crippen LogP contribution in [0, 0.1) is 0 Å². The topological polar surface area (TPSA) is 70.8 Å². The molecular weight excluding hydrogens is 242 g/mol. The molecule has 0 aromatic carbocycles. The fraction of sp³-hybridized carbons (Fsp3) is 0.636. The monoisotopic (exact) mass is 259 g/mol. The highest BCUT2D eigenvalue weighted by Gasteiger charge is 2.27. The van der Waals surface area contributed by atoms with Crippen LogP contribution in [0.3, 0.4) is 0 Å². The van der Waals surface area contributed by atoms with Crippen LogP contribution in [0.4, 0.5) is 0 Å². The van der Waals surface area contributed by atoms with Crippen LogP contribution < -0.4 is 0 Å². The lowest BCUT2D eigenvalue weighted by Gasteiger charge is -2.17. The second-order valence-electron chi connectivity index (χ2n) is 4.20. The summed E-state index contributed by atoms with van der Waals surface area (Å²) in [5.74, 6) is 0.276. The van der Waals surface area contributed by atoms with Crippen LogP contribution in [-0.4, -0.2) is 30.9 Å². The molecule has 0 saturated carbocycles. The second kappa shape index (κ2) is 5.20. The summed E-state index contributed by atoms with van der Waals surface area (Å²) >= 11 is 0. The highest BCUT2D eigenvalue weighted by atomic mass is 32.2. The van der Waals surface area contributed by atoms with Crippen LogP contribution in [0.25, 0.3) is 0 Å². The number of rotatable bonds is 3. The quantitative estimate of drug-likeness (QED) is 0.889. The maximum atomic E-state index is 12.2. The standard InChI is InChI=1S/C11H17NO4S/c13-9-10-5-6-11(16-10)17(14,15)12-7-3-1-2-4-8-12/h5-6,13H,1-4,7-9H2. The molecule has 1 N–H and O–H groups in total. The van der Waals surface area contributed by atoms with Crippen LogP contribution in [0.1, 0.15) is 31.4 Å². The summed E-state index contributed by atoms with van der Waals surface area (Å²) in [6.45, 7) is 0.824. The largest absolute Gasteiger partial charge is 0.446 e. The van der Waals surface area contributed by atoms with Crippen molar-refractivity contribution >= 4 is 10.0 Å². The lowest BCUT2D eigenvalue weighted by molar-refractivity contribution is 0.235. The number of furan rings is 1. The third-order valence-electron chi connectivity index (χ3n) is 2.95. The Hall–Kier alpha value is -0.850. The molecule has 0 bridgehead atoms. The average molecular weight is 259 g/mol. The zero-order valence-corrected chi connectivity index (χ0v) is 10.4. The highest BCUT2D eigenvalue weighted by Crippen LogP contribution is 2.22. The van der Waals surface area contributed by atoms with Crippen molar-refractivity contribution in [1.82, 2.24) is 4.31 Å². The van der Waals surface area contributed by atoms with Crippen molar-refractivity contribution in [1.29, 1.82) is 0 Å². The van der Waals surface area contributed by atoms with E-state index >= 15 is 0 Å². The molecule has 17 heavy (non-hydrogen) atoms.